The van der Waals surface area contributed by atoms with Crippen LogP contribution in [0.25, 0.3) is 0 Å². The van der Waals surface area contributed by atoms with Crippen molar-refractivity contribution in [1.29, 1.82) is 0 Å². The summed E-state index contributed by atoms with van der Waals surface area (Å²) < 4.78 is 65.0. The molecule has 0 aliphatic carbocycles. The lowest BCUT2D eigenvalue weighted by Crippen LogP contribution is -2.28. The Balaban J connectivity index is 1.75. The highest BCUT2D eigenvalue weighted by Crippen LogP contribution is 2.30. The molecular formula is C20H20F3NO5S. The zero-order valence-electron chi connectivity index (χ0n) is 16.0. The Hall–Kier alpha value is -2.88. The average molecular weight is 443 g/mol. The van der Waals surface area contributed by atoms with Gasteiger partial charge >= 0.3 is 11.5 Å². The number of esters is 1. The second-order valence-corrected chi connectivity index (χ2v) is 8.39. The topological polar surface area (TPSA) is 89.5 Å². The van der Waals surface area contributed by atoms with Crippen LogP contribution in [0.5, 0.6) is 0 Å². The number of amides is 1. The summed E-state index contributed by atoms with van der Waals surface area (Å²) in [4.78, 5) is 22.7. The molecule has 0 saturated heterocycles. The molecule has 0 radical (unpaired) electrons. The summed E-state index contributed by atoms with van der Waals surface area (Å²) in [7, 11) is -5.48. The fraction of sp³-hybridized carbons (Fsp3) is 0.300. The third-order valence-corrected chi connectivity index (χ3v) is 5.63. The molecule has 0 bridgehead atoms. The van der Waals surface area contributed by atoms with Gasteiger partial charge in [0.1, 0.15) is 6.61 Å². The van der Waals surface area contributed by atoms with Gasteiger partial charge in [0.15, 0.2) is 0 Å². The van der Waals surface area contributed by atoms with Crippen molar-refractivity contribution in [1.82, 2.24) is 5.32 Å². The summed E-state index contributed by atoms with van der Waals surface area (Å²) in [6.07, 6.45) is 0.839. The van der Waals surface area contributed by atoms with Gasteiger partial charge < -0.3 is 10.1 Å². The Kier molecular flexibility index (Phi) is 7.60. The molecule has 0 aromatic heterocycles. The van der Waals surface area contributed by atoms with Crippen molar-refractivity contribution in [2.24, 2.45) is 0 Å². The standard InChI is InChI=1S/C20H20F3NO5S/c1-14-2-4-15(5-3-14)6-11-18(25)24-12-13-29-19(26)16-7-9-17(10-8-16)30(27,28)20(21,22)23/h2-5,7-10H,6,11-13H2,1H3,(H,24,25). The third kappa shape index (κ3) is 6.31. The van der Waals surface area contributed by atoms with Gasteiger partial charge in [-0.15, -0.1) is 0 Å². The molecule has 2 rings (SSSR count). The van der Waals surface area contributed by atoms with Crippen molar-refractivity contribution in [3.63, 3.8) is 0 Å². The molecule has 6 nitrogen and oxygen atoms in total. The highest BCUT2D eigenvalue weighted by molar-refractivity contribution is 7.92. The minimum absolute atomic E-state index is 0.0685. The summed E-state index contributed by atoms with van der Waals surface area (Å²) >= 11 is 0. The Morgan fingerprint density at radius 1 is 1.00 bits per heavy atom. The number of benzene rings is 2. The molecule has 0 heterocycles. The van der Waals surface area contributed by atoms with Crippen LogP contribution in [0.3, 0.4) is 0 Å². The fourth-order valence-corrected chi connectivity index (χ4v) is 3.18. The molecule has 0 unspecified atom stereocenters. The van der Waals surface area contributed by atoms with Crippen LogP contribution in [0.15, 0.2) is 53.4 Å². The van der Waals surface area contributed by atoms with E-state index in [1.165, 1.54) is 0 Å². The molecule has 0 atom stereocenters. The second-order valence-electron chi connectivity index (χ2n) is 6.45. The molecule has 10 heteroatoms. The highest BCUT2D eigenvalue weighted by atomic mass is 32.2. The lowest BCUT2D eigenvalue weighted by molar-refractivity contribution is -0.121. The Morgan fingerprint density at radius 3 is 2.17 bits per heavy atom. The van der Waals surface area contributed by atoms with E-state index in [0.717, 1.165) is 23.3 Å². The normalized spacial score (nSPS) is 11.7. The Bertz CT molecular complexity index is 985. The maximum Gasteiger partial charge on any atom is 0.501 e. The number of aryl methyl sites for hydroxylation is 2. The molecule has 0 fully saturated rings. The molecule has 1 amide bonds. The summed E-state index contributed by atoms with van der Waals surface area (Å²) in [5.41, 5.74) is -3.38. The zero-order valence-corrected chi connectivity index (χ0v) is 16.8. The van der Waals surface area contributed by atoms with E-state index in [0.29, 0.717) is 18.6 Å². The summed E-state index contributed by atoms with van der Waals surface area (Å²) in [6, 6.07) is 11.0. The van der Waals surface area contributed by atoms with Crippen LogP contribution in [-0.4, -0.2) is 39.0 Å². The predicted molar refractivity (Wildman–Crippen MR) is 102 cm³/mol. The Labute approximate surface area is 172 Å². The van der Waals surface area contributed by atoms with Crippen LogP contribution in [-0.2, 0) is 25.8 Å². The number of carbonyl (C=O) groups excluding carboxylic acids is 2. The van der Waals surface area contributed by atoms with Crippen molar-refractivity contribution in [2.75, 3.05) is 13.2 Å². The molecule has 2 aromatic carbocycles. The largest absolute Gasteiger partial charge is 0.501 e. The summed E-state index contributed by atoms with van der Waals surface area (Å²) in [5, 5.41) is 2.60. The SMILES string of the molecule is Cc1ccc(CCC(=O)NCCOC(=O)c2ccc(S(=O)(=O)C(F)(F)F)cc2)cc1. The van der Waals surface area contributed by atoms with Crippen LogP contribution < -0.4 is 5.32 Å². The first-order chi connectivity index (χ1) is 14.0. The molecule has 0 aliphatic rings. The van der Waals surface area contributed by atoms with Gasteiger partial charge in [-0.25, -0.2) is 13.2 Å². The molecule has 30 heavy (non-hydrogen) atoms. The van der Waals surface area contributed by atoms with Crippen molar-refractivity contribution < 1.29 is 35.9 Å². The summed E-state index contributed by atoms with van der Waals surface area (Å²) in [5.74, 6) is -1.06. The molecule has 0 spiro atoms. The monoisotopic (exact) mass is 443 g/mol. The van der Waals surface area contributed by atoms with Gasteiger partial charge in [-0.05, 0) is 43.2 Å². The van der Waals surface area contributed by atoms with Gasteiger partial charge in [0.25, 0.3) is 9.84 Å². The smallest absolute Gasteiger partial charge is 0.460 e. The Morgan fingerprint density at radius 2 is 1.60 bits per heavy atom. The maximum absolute atomic E-state index is 12.5. The number of sulfone groups is 1. The van der Waals surface area contributed by atoms with Crippen molar-refractivity contribution in [2.45, 2.75) is 30.2 Å². The number of rotatable bonds is 8. The van der Waals surface area contributed by atoms with Crippen LogP contribution in [0, 0.1) is 6.92 Å². The van der Waals surface area contributed by atoms with Gasteiger partial charge in [-0.2, -0.15) is 13.2 Å². The molecule has 162 valence electrons. The lowest BCUT2D eigenvalue weighted by Gasteiger charge is -2.09. The van der Waals surface area contributed by atoms with Gasteiger partial charge in [-0.3, -0.25) is 4.79 Å². The molecular weight excluding hydrogens is 423 g/mol. The van der Waals surface area contributed by atoms with Gasteiger partial charge in [0.2, 0.25) is 5.91 Å². The average Bonchev–Trinajstić information content (AvgIpc) is 2.70. The third-order valence-electron chi connectivity index (χ3n) is 4.12. The van der Waals surface area contributed by atoms with Crippen LogP contribution in [0.2, 0.25) is 0 Å². The lowest BCUT2D eigenvalue weighted by atomic mass is 10.1. The first kappa shape index (κ1) is 23.4. The minimum atomic E-state index is -5.48. The van der Waals surface area contributed by atoms with E-state index in [1.807, 2.05) is 31.2 Å². The molecule has 0 saturated carbocycles. The number of hydrogen-bond acceptors (Lipinski definition) is 5. The number of hydrogen-bond donors (Lipinski definition) is 1. The quantitative estimate of drug-likeness (QED) is 0.500. The maximum atomic E-state index is 12.5. The van der Waals surface area contributed by atoms with E-state index in [4.69, 9.17) is 4.74 Å². The van der Waals surface area contributed by atoms with E-state index in [9.17, 15) is 31.2 Å². The van der Waals surface area contributed by atoms with Crippen molar-refractivity contribution in [3.05, 3.63) is 65.2 Å². The van der Waals surface area contributed by atoms with Crippen molar-refractivity contribution in [3.8, 4) is 0 Å². The van der Waals surface area contributed by atoms with E-state index in [2.05, 4.69) is 5.32 Å². The number of halogens is 3. The number of nitrogens with one attached hydrogen (secondary N) is 1. The van der Waals surface area contributed by atoms with Crippen LogP contribution in [0.4, 0.5) is 13.2 Å². The zero-order chi connectivity index (χ0) is 22.4. The highest BCUT2D eigenvalue weighted by Gasteiger charge is 2.46. The van der Waals surface area contributed by atoms with E-state index in [1.54, 1.807) is 0 Å². The van der Waals surface area contributed by atoms with Gasteiger partial charge in [-0.1, -0.05) is 29.8 Å². The van der Waals surface area contributed by atoms with Crippen molar-refractivity contribution >= 4 is 21.7 Å². The van der Waals surface area contributed by atoms with Gasteiger partial charge in [0.05, 0.1) is 17.0 Å². The first-order valence-corrected chi connectivity index (χ1v) is 10.4. The van der Waals surface area contributed by atoms with Crippen LogP contribution >= 0.6 is 0 Å². The minimum Gasteiger partial charge on any atom is -0.460 e. The number of alkyl halides is 3. The molecule has 1 N–H and O–H groups in total. The summed E-state index contributed by atoms with van der Waals surface area (Å²) in [6.45, 7) is 1.90. The predicted octanol–water partition coefficient (Wildman–Crippen LogP) is 3.19. The second kappa shape index (κ2) is 9.75. The molecule has 2 aromatic rings. The van der Waals surface area contributed by atoms with Gasteiger partial charge in [0, 0.05) is 6.42 Å². The van der Waals surface area contributed by atoms with Crippen LogP contribution in [0.1, 0.15) is 27.9 Å². The van der Waals surface area contributed by atoms with E-state index < -0.39 is 26.2 Å². The first-order valence-electron chi connectivity index (χ1n) is 8.91. The van der Waals surface area contributed by atoms with E-state index >= 15 is 0 Å². The fourth-order valence-electron chi connectivity index (χ4n) is 2.42. The number of ether oxygens (including phenoxy) is 1. The number of carbonyl (C=O) groups is 2. The molecule has 0 aliphatic heterocycles. The van der Waals surface area contributed by atoms with E-state index in [-0.39, 0.29) is 31.0 Å².